The highest BCUT2D eigenvalue weighted by Crippen LogP contribution is 2.34. The third-order valence-electron chi connectivity index (χ3n) is 4.13. The minimum atomic E-state index is -0.604. The first-order valence-electron chi connectivity index (χ1n) is 7.04. The molecule has 1 saturated heterocycles. The van der Waals surface area contributed by atoms with Crippen LogP contribution in [0.1, 0.15) is 32.1 Å². The van der Waals surface area contributed by atoms with E-state index in [2.05, 4.69) is 10.4 Å². The van der Waals surface area contributed by atoms with Gasteiger partial charge in [-0.2, -0.15) is 5.10 Å². The van der Waals surface area contributed by atoms with Crippen LogP contribution in [0.3, 0.4) is 0 Å². The maximum absolute atomic E-state index is 12.4. The van der Waals surface area contributed by atoms with Crippen molar-refractivity contribution in [3.63, 3.8) is 0 Å². The lowest BCUT2D eigenvalue weighted by Gasteiger charge is -2.19. The van der Waals surface area contributed by atoms with Crippen LogP contribution in [0.5, 0.6) is 0 Å². The molecular weight excluding hydrogens is 258 g/mol. The first-order chi connectivity index (χ1) is 9.61. The lowest BCUT2D eigenvalue weighted by Crippen LogP contribution is -2.44. The number of aromatic nitrogens is 2. The predicted octanol–water partition coefficient (Wildman–Crippen LogP) is 0.720. The topological polar surface area (TPSA) is 93.2 Å². The molecule has 1 aliphatic heterocycles. The summed E-state index contributed by atoms with van der Waals surface area (Å²) in [5, 5.41) is 6.95. The van der Waals surface area contributed by atoms with E-state index < -0.39 is 5.54 Å². The molecule has 0 aromatic carbocycles. The number of anilines is 1. The molecule has 2 fully saturated rings. The van der Waals surface area contributed by atoms with Crippen molar-refractivity contribution < 1.29 is 9.59 Å². The van der Waals surface area contributed by atoms with E-state index >= 15 is 0 Å². The first-order valence-corrected chi connectivity index (χ1v) is 7.04. The fraction of sp³-hybridized carbons (Fsp3) is 0.615. The van der Waals surface area contributed by atoms with Crippen LogP contribution in [-0.2, 0) is 11.3 Å². The van der Waals surface area contributed by atoms with Crippen LogP contribution < -0.4 is 11.1 Å². The Bertz CT molecular complexity index is 533. The summed E-state index contributed by atoms with van der Waals surface area (Å²) >= 11 is 0. The van der Waals surface area contributed by atoms with E-state index in [0.29, 0.717) is 25.3 Å². The van der Waals surface area contributed by atoms with E-state index in [-0.39, 0.29) is 11.9 Å². The number of carbonyl (C=O) groups excluding carboxylic acids is 2. The number of nitrogens with two attached hydrogens (primary N) is 1. The van der Waals surface area contributed by atoms with Crippen molar-refractivity contribution in [3.05, 3.63) is 12.3 Å². The second-order valence-corrected chi connectivity index (χ2v) is 5.53. The van der Waals surface area contributed by atoms with Gasteiger partial charge in [-0.1, -0.05) is 12.8 Å². The van der Waals surface area contributed by atoms with E-state index in [1.165, 1.54) is 4.90 Å². The smallest absolute Gasteiger partial charge is 0.325 e. The summed E-state index contributed by atoms with van der Waals surface area (Å²) < 4.78 is 1.72. The van der Waals surface area contributed by atoms with Gasteiger partial charge in [0, 0.05) is 19.3 Å². The minimum Gasteiger partial charge on any atom is -0.382 e. The summed E-state index contributed by atoms with van der Waals surface area (Å²) in [6, 6.07) is 1.47. The molecule has 3 rings (SSSR count). The van der Waals surface area contributed by atoms with Gasteiger partial charge in [-0.3, -0.25) is 14.4 Å². The zero-order valence-corrected chi connectivity index (χ0v) is 11.3. The number of imide groups is 1. The van der Waals surface area contributed by atoms with Crippen molar-refractivity contribution in [2.24, 2.45) is 0 Å². The number of amides is 3. The Kier molecular flexibility index (Phi) is 3.11. The summed E-state index contributed by atoms with van der Waals surface area (Å²) in [6.07, 6.45) is 6.02. The number of aryl methyl sites for hydroxylation is 1. The Balaban J connectivity index is 1.57. The molecule has 1 aromatic rings. The van der Waals surface area contributed by atoms with Gasteiger partial charge in [-0.15, -0.1) is 0 Å². The molecule has 7 heteroatoms. The number of hydrogen-bond acceptors (Lipinski definition) is 4. The number of rotatable bonds is 4. The minimum absolute atomic E-state index is 0.0556. The number of nitrogens with one attached hydrogen (secondary N) is 1. The van der Waals surface area contributed by atoms with Gasteiger partial charge in [0.15, 0.2) is 0 Å². The molecule has 0 bridgehead atoms. The van der Waals surface area contributed by atoms with Gasteiger partial charge in [0.1, 0.15) is 11.4 Å². The average Bonchev–Trinajstić information content (AvgIpc) is 3.08. The summed E-state index contributed by atoms with van der Waals surface area (Å²) in [7, 11) is 0. The number of hydrogen-bond donors (Lipinski definition) is 2. The molecule has 0 atom stereocenters. The fourth-order valence-electron chi connectivity index (χ4n) is 3.09. The summed E-state index contributed by atoms with van der Waals surface area (Å²) in [6.45, 7) is 1.06. The van der Waals surface area contributed by atoms with Crippen LogP contribution in [0.2, 0.25) is 0 Å². The Hall–Kier alpha value is -2.05. The van der Waals surface area contributed by atoms with Gasteiger partial charge in [0.25, 0.3) is 5.91 Å². The number of urea groups is 1. The van der Waals surface area contributed by atoms with E-state index in [0.717, 1.165) is 25.7 Å². The van der Waals surface area contributed by atoms with Gasteiger partial charge >= 0.3 is 6.03 Å². The van der Waals surface area contributed by atoms with Crippen LogP contribution in [0.25, 0.3) is 0 Å². The number of nitrogens with zero attached hydrogens (tertiary/aromatic N) is 3. The third-order valence-corrected chi connectivity index (χ3v) is 4.13. The Morgan fingerprint density at radius 1 is 1.30 bits per heavy atom. The quantitative estimate of drug-likeness (QED) is 0.793. The zero-order chi connectivity index (χ0) is 14.2. The van der Waals surface area contributed by atoms with Crippen molar-refractivity contribution in [2.45, 2.75) is 44.2 Å². The van der Waals surface area contributed by atoms with Gasteiger partial charge in [0.05, 0.1) is 0 Å². The normalized spacial score (nSPS) is 20.9. The summed E-state index contributed by atoms with van der Waals surface area (Å²) in [5.41, 5.74) is 4.93. The summed E-state index contributed by atoms with van der Waals surface area (Å²) in [5.74, 6) is 0.421. The second kappa shape index (κ2) is 4.81. The van der Waals surface area contributed by atoms with Crippen molar-refractivity contribution in [1.29, 1.82) is 0 Å². The third kappa shape index (κ3) is 2.13. The van der Waals surface area contributed by atoms with Gasteiger partial charge in [-0.05, 0) is 25.3 Å². The molecule has 0 radical (unpaired) electrons. The molecule has 2 heterocycles. The largest absolute Gasteiger partial charge is 0.382 e. The maximum Gasteiger partial charge on any atom is 0.325 e. The van der Waals surface area contributed by atoms with Gasteiger partial charge in [-0.25, -0.2) is 4.79 Å². The van der Waals surface area contributed by atoms with Crippen LogP contribution in [0.15, 0.2) is 12.3 Å². The first kappa shape index (κ1) is 13.0. The highest BCUT2D eigenvalue weighted by atomic mass is 16.2. The lowest BCUT2D eigenvalue weighted by atomic mass is 9.98. The molecule has 7 nitrogen and oxygen atoms in total. The zero-order valence-electron chi connectivity index (χ0n) is 11.3. The van der Waals surface area contributed by atoms with Crippen molar-refractivity contribution in [1.82, 2.24) is 20.0 Å². The van der Waals surface area contributed by atoms with Crippen LogP contribution in [0.4, 0.5) is 10.6 Å². The van der Waals surface area contributed by atoms with Crippen molar-refractivity contribution in [2.75, 3.05) is 12.3 Å². The molecule has 108 valence electrons. The molecule has 1 saturated carbocycles. The van der Waals surface area contributed by atoms with E-state index in [4.69, 9.17) is 5.73 Å². The van der Waals surface area contributed by atoms with Crippen molar-refractivity contribution >= 4 is 17.8 Å². The maximum atomic E-state index is 12.4. The van der Waals surface area contributed by atoms with Crippen molar-refractivity contribution in [3.8, 4) is 0 Å². The standard InChI is InChI=1S/C13H19N5O2/c14-10-4-9-17(16-10)7-3-8-18-11(19)13(15-12(18)20)5-1-2-6-13/h4,9H,1-3,5-8H2,(H2,14,16)(H,15,20). The molecule has 20 heavy (non-hydrogen) atoms. The Morgan fingerprint density at radius 3 is 2.70 bits per heavy atom. The van der Waals surface area contributed by atoms with Crippen LogP contribution in [0, 0.1) is 0 Å². The molecule has 1 spiro atoms. The van der Waals surface area contributed by atoms with E-state index in [1.54, 1.807) is 16.9 Å². The highest BCUT2D eigenvalue weighted by molar-refractivity contribution is 6.07. The van der Waals surface area contributed by atoms with Crippen LogP contribution in [-0.4, -0.2) is 38.7 Å². The van der Waals surface area contributed by atoms with Gasteiger partial charge in [0.2, 0.25) is 0 Å². The van der Waals surface area contributed by atoms with Gasteiger partial charge < -0.3 is 11.1 Å². The fourth-order valence-corrected chi connectivity index (χ4v) is 3.09. The second-order valence-electron chi connectivity index (χ2n) is 5.53. The highest BCUT2D eigenvalue weighted by Gasteiger charge is 2.51. The number of nitrogen functional groups attached to an aromatic ring is 1. The lowest BCUT2D eigenvalue weighted by molar-refractivity contribution is -0.131. The van der Waals surface area contributed by atoms with E-state index in [1.807, 2.05) is 0 Å². The molecule has 3 N–H and O–H groups in total. The average molecular weight is 277 g/mol. The molecule has 1 aliphatic carbocycles. The van der Waals surface area contributed by atoms with Crippen LogP contribution >= 0.6 is 0 Å². The monoisotopic (exact) mass is 277 g/mol. The molecule has 3 amide bonds. The Morgan fingerprint density at radius 2 is 2.05 bits per heavy atom. The number of carbonyl (C=O) groups is 2. The molecule has 0 unspecified atom stereocenters. The molecule has 2 aliphatic rings. The molecular formula is C13H19N5O2. The predicted molar refractivity (Wildman–Crippen MR) is 72.7 cm³/mol. The molecule has 1 aromatic heterocycles. The Labute approximate surface area is 117 Å². The SMILES string of the molecule is Nc1ccn(CCCN2C(=O)NC3(CCCC3)C2=O)n1. The summed E-state index contributed by atoms with van der Waals surface area (Å²) in [4.78, 5) is 25.7. The van der Waals surface area contributed by atoms with E-state index in [9.17, 15) is 9.59 Å².